The fraction of sp³-hybridized carbons (Fsp3) is 0.360. The number of piperazine rings is 1. The van der Waals surface area contributed by atoms with Gasteiger partial charge in [0.25, 0.3) is 5.56 Å². The molecule has 2 atom stereocenters. The Hall–Kier alpha value is -3.77. The predicted molar refractivity (Wildman–Crippen MR) is 130 cm³/mol. The molecule has 1 fully saturated rings. The van der Waals surface area contributed by atoms with Crippen molar-refractivity contribution >= 4 is 11.6 Å². The maximum atomic E-state index is 13.8. The van der Waals surface area contributed by atoms with Gasteiger partial charge in [0, 0.05) is 49.9 Å². The molecule has 1 aliphatic heterocycles. The summed E-state index contributed by atoms with van der Waals surface area (Å²) >= 11 is 0. The molecule has 37 heavy (non-hydrogen) atoms. The first-order valence-electron chi connectivity index (χ1n) is 11.9. The highest BCUT2D eigenvalue weighted by Crippen LogP contribution is 2.29. The number of rotatable bonds is 7. The van der Waals surface area contributed by atoms with Crippen LogP contribution in [0.4, 0.5) is 19.2 Å². The van der Waals surface area contributed by atoms with Gasteiger partial charge in [-0.2, -0.15) is 10.1 Å². The molecule has 0 saturated carbocycles. The van der Waals surface area contributed by atoms with E-state index < -0.39 is 23.7 Å². The number of β-amino-alcohol motifs (C(OH)–C–C–N with tert-alkyl or cyclic N) is 1. The molecule has 1 N–H and O–H groups in total. The van der Waals surface area contributed by atoms with Crippen LogP contribution >= 0.6 is 0 Å². The van der Waals surface area contributed by atoms with Crippen molar-refractivity contribution in [3.63, 3.8) is 0 Å². The van der Waals surface area contributed by atoms with Gasteiger partial charge < -0.3 is 14.5 Å². The van der Waals surface area contributed by atoms with E-state index in [-0.39, 0.29) is 24.4 Å². The number of allylic oxidation sites excluding steroid dienone is 4. The van der Waals surface area contributed by atoms with Crippen LogP contribution < -0.4 is 10.5 Å². The van der Waals surface area contributed by atoms with E-state index in [4.69, 9.17) is 9.63 Å². The minimum absolute atomic E-state index is 0.0675. The van der Waals surface area contributed by atoms with Crippen molar-refractivity contribution in [3.05, 3.63) is 76.0 Å². The Bertz CT molecular complexity index is 1380. The summed E-state index contributed by atoms with van der Waals surface area (Å²) in [5.41, 5.74) is 1.22. The van der Waals surface area contributed by atoms with E-state index in [1.807, 2.05) is 11.0 Å². The lowest BCUT2D eigenvalue weighted by atomic mass is 10.0. The lowest BCUT2D eigenvalue weighted by Gasteiger charge is -2.32. The van der Waals surface area contributed by atoms with Gasteiger partial charge in [0.15, 0.2) is 12.3 Å². The number of halogens is 3. The number of aliphatic hydroxyl groups is 1. The third-order valence-corrected chi connectivity index (χ3v) is 6.33. The predicted octanol–water partition coefficient (Wildman–Crippen LogP) is 2.38. The van der Waals surface area contributed by atoms with Gasteiger partial charge in [-0.25, -0.2) is 17.9 Å². The van der Waals surface area contributed by atoms with Crippen molar-refractivity contribution in [1.82, 2.24) is 24.8 Å². The number of nitrogens with zero attached hydrogens (tertiary/aromatic N) is 6. The number of benzene rings is 1. The number of aromatic nitrogens is 4. The summed E-state index contributed by atoms with van der Waals surface area (Å²) in [6, 6.07) is 10.2. The number of alkyl halides is 2. The minimum atomic E-state index is -2.33. The molecule has 1 aliphatic carbocycles. The van der Waals surface area contributed by atoms with Gasteiger partial charge in [-0.1, -0.05) is 23.4 Å². The van der Waals surface area contributed by atoms with Gasteiger partial charge in [0.05, 0.1) is 18.8 Å². The van der Waals surface area contributed by atoms with Gasteiger partial charge in [-0.05, 0) is 29.8 Å². The maximum Gasteiger partial charge on any atom is 0.324 e. The second-order valence-corrected chi connectivity index (χ2v) is 8.87. The molecule has 2 aromatic heterocycles. The summed E-state index contributed by atoms with van der Waals surface area (Å²) in [6.45, 7) is 3.83. The standard InChI is InChI=1S/C25H25F3N6O3/c26-19-13-18(14-20(27)23(19)28)21-4-5-22(36)34(30-21)15-16-2-1-3-17(12-16)24-29-25(37-31-24)33-8-6-32(7-9-33)10-11-35/h1-5,12-14,19,23,35H,6-11,15H2. The fourth-order valence-electron chi connectivity index (χ4n) is 4.31. The molecular weight excluding hydrogens is 489 g/mol. The van der Waals surface area contributed by atoms with Crippen LogP contribution in [0.15, 0.2) is 63.7 Å². The number of hydrogen-bond acceptors (Lipinski definition) is 8. The monoisotopic (exact) mass is 514 g/mol. The lowest BCUT2D eigenvalue weighted by Crippen LogP contribution is -2.47. The Labute approximate surface area is 210 Å². The Balaban J connectivity index is 1.32. The zero-order valence-corrected chi connectivity index (χ0v) is 19.8. The lowest BCUT2D eigenvalue weighted by molar-refractivity contribution is 0.186. The molecule has 0 radical (unpaired) electrons. The van der Waals surface area contributed by atoms with Crippen molar-refractivity contribution in [3.8, 4) is 11.4 Å². The van der Waals surface area contributed by atoms with Gasteiger partial charge in [-0.15, -0.1) is 0 Å². The van der Waals surface area contributed by atoms with Crippen molar-refractivity contribution in [2.24, 2.45) is 0 Å². The molecule has 9 nitrogen and oxygen atoms in total. The van der Waals surface area contributed by atoms with Crippen molar-refractivity contribution < 1.29 is 22.8 Å². The van der Waals surface area contributed by atoms with E-state index in [9.17, 15) is 18.0 Å². The van der Waals surface area contributed by atoms with Gasteiger partial charge in [0.1, 0.15) is 5.83 Å². The molecule has 2 unspecified atom stereocenters. The van der Waals surface area contributed by atoms with Crippen LogP contribution in [0.25, 0.3) is 17.0 Å². The second kappa shape index (κ2) is 10.7. The first-order valence-corrected chi connectivity index (χ1v) is 11.9. The van der Waals surface area contributed by atoms with E-state index in [0.717, 1.165) is 30.8 Å². The smallest absolute Gasteiger partial charge is 0.324 e. The first-order chi connectivity index (χ1) is 17.9. The van der Waals surface area contributed by atoms with E-state index in [2.05, 4.69) is 20.1 Å². The molecule has 5 rings (SSSR count). The summed E-state index contributed by atoms with van der Waals surface area (Å²) in [5.74, 6) is -0.824. The van der Waals surface area contributed by atoms with E-state index >= 15 is 0 Å². The Kier molecular flexibility index (Phi) is 7.19. The highest BCUT2D eigenvalue weighted by Gasteiger charge is 2.28. The van der Waals surface area contributed by atoms with Crippen LogP contribution in [-0.4, -0.2) is 81.6 Å². The number of hydrogen-bond donors (Lipinski definition) is 1. The Morgan fingerprint density at radius 2 is 1.92 bits per heavy atom. The van der Waals surface area contributed by atoms with Crippen LogP contribution in [0.5, 0.6) is 0 Å². The molecule has 0 spiro atoms. The van der Waals surface area contributed by atoms with Gasteiger partial charge in [0.2, 0.25) is 5.82 Å². The molecule has 1 aromatic carbocycles. The fourth-order valence-corrected chi connectivity index (χ4v) is 4.31. The number of anilines is 1. The molecule has 3 heterocycles. The van der Waals surface area contributed by atoms with Crippen LogP contribution in [0, 0.1) is 0 Å². The molecule has 12 heteroatoms. The number of aliphatic hydroxyl groups excluding tert-OH is 1. The highest BCUT2D eigenvalue weighted by molar-refractivity contribution is 5.74. The normalized spacial score (nSPS) is 20.6. The quantitative estimate of drug-likeness (QED) is 0.513. The molecule has 1 saturated heterocycles. The van der Waals surface area contributed by atoms with Crippen LogP contribution in [0.2, 0.25) is 0 Å². The summed E-state index contributed by atoms with van der Waals surface area (Å²) in [7, 11) is 0. The second-order valence-electron chi connectivity index (χ2n) is 8.87. The van der Waals surface area contributed by atoms with Crippen LogP contribution in [-0.2, 0) is 6.54 Å². The maximum absolute atomic E-state index is 13.8. The van der Waals surface area contributed by atoms with Crippen molar-refractivity contribution in [1.29, 1.82) is 0 Å². The summed E-state index contributed by atoms with van der Waals surface area (Å²) in [6.07, 6.45) is -2.62. The summed E-state index contributed by atoms with van der Waals surface area (Å²) < 4.78 is 47.6. The topological polar surface area (TPSA) is 101 Å². The molecule has 0 amide bonds. The summed E-state index contributed by atoms with van der Waals surface area (Å²) in [5, 5.41) is 17.4. The SMILES string of the molecule is O=c1ccc(C2=CC(F)C(F)C(F)=C2)nn1Cc1cccc(-c2noc(N3CCN(CCO)CC3)n2)c1. The molecule has 0 bridgehead atoms. The Morgan fingerprint density at radius 1 is 1.11 bits per heavy atom. The minimum Gasteiger partial charge on any atom is -0.395 e. The van der Waals surface area contributed by atoms with Crippen molar-refractivity contribution in [2.45, 2.75) is 18.9 Å². The molecule has 3 aromatic rings. The van der Waals surface area contributed by atoms with E-state index in [1.165, 1.54) is 16.8 Å². The zero-order valence-electron chi connectivity index (χ0n) is 19.8. The van der Waals surface area contributed by atoms with E-state index in [0.29, 0.717) is 37.0 Å². The van der Waals surface area contributed by atoms with Crippen molar-refractivity contribution in [2.75, 3.05) is 44.2 Å². The third kappa shape index (κ3) is 5.49. The summed E-state index contributed by atoms with van der Waals surface area (Å²) in [4.78, 5) is 21.1. The van der Waals surface area contributed by atoms with E-state index in [1.54, 1.807) is 18.2 Å². The average molecular weight is 515 g/mol. The largest absolute Gasteiger partial charge is 0.395 e. The zero-order chi connectivity index (χ0) is 25.9. The molecular formula is C25H25F3N6O3. The molecule has 2 aliphatic rings. The Morgan fingerprint density at radius 3 is 2.68 bits per heavy atom. The highest BCUT2D eigenvalue weighted by atomic mass is 19.2. The van der Waals surface area contributed by atoms with Gasteiger partial charge in [-0.3, -0.25) is 9.69 Å². The average Bonchev–Trinajstić information content (AvgIpc) is 3.40. The molecule has 194 valence electrons. The van der Waals surface area contributed by atoms with Crippen LogP contribution in [0.1, 0.15) is 11.3 Å². The van der Waals surface area contributed by atoms with Gasteiger partial charge >= 0.3 is 6.01 Å². The van der Waals surface area contributed by atoms with Crippen LogP contribution in [0.3, 0.4) is 0 Å². The third-order valence-electron chi connectivity index (χ3n) is 6.33. The first kappa shape index (κ1) is 24.9.